The van der Waals surface area contributed by atoms with Crippen molar-refractivity contribution in [2.75, 3.05) is 12.0 Å². The van der Waals surface area contributed by atoms with Crippen LogP contribution in [0.2, 0.25) is 0 Å². The van der Waals surface area contributed by atoms with E-state index in [-0.39, 0.29) is 10.6 Å². The Kier molecular flexibility index (Phi) is 3.60. The van der Waals surface area contributed by atoms with Gasteiger partial charge < -0.3 is 5.73 Å². The first-order valence-corrected chi connectivity index (χ1v) is 8.43. The molecule has 0 aliphatic carbocycles. The minimum atomic E-state index is -3.31. The van der Waals surface area contributed by atoms with Crippen molar-refractivity contribution in [3.05, 3.63) is 24.0 Å². The van der Waals surface area contributed by atoms with Crippen molar-refractivity contribution in [2.24, 2.45) is 0 Å². The second-order valence-electron chi connectivity index (χ2n) is 3.65. The Bertz CT molecular complexity index is 679. The SMILES string of the molecule is Cc1nsc(Sc2cccc(S(C)(=O)=O)c2N)n1. The lowest BCUT2D eigenvalue weighted by molar-refractivity contribution is 0.602. The molecule has 5 nitrogen and oxygen atoms in total. The average Bonchev–Trinajstić information content (AvgIpc) is 2.65. The third-order valence-corrected chi connectivity index (χ3v) is 5.21. The van der Waals surface area contributed by atoms with Crippen LogP contribution in [0.25, 0.3) is 0 Å². The van der Waals surface area contributed by atoms with Gasteiger partial charge in [0.05, 0.1) is 10.6 Å². The molecule has 0 saturated heterocycles. The maximum atomic E-state index is 11.5. The quantitative estimate of drug-likeness (QED) is 0.872. The van der Waals surface area contributed by atoms with Crippen molar-refractivity contribution in [3.63, 3.8) is 0 Å². The van der Waals surface area contributed by atoms with Gasteiger partial charge >= 0.3 is 0 Å². The molecule has 2 aromatic rings. The number of nitrogen functional groups attached to an aromatic ring is 1. The zero-order valence-electron chi connectivity index (χ0n) is 9.75. The summed E-state index contributed by atoms with van der Waals surface area (Å²) in [6.45, 7) is 1.80. The van der Waals surface area contributed by atoms with Gasteiger partial charge in [0.2, 0.25) is 0 Å². The molecule has 96 valence electrons. The molecule has 0 unspecified atom stereocenters. The summed E-state index contributed by atoms with van der Waals surface area (Å²) in [5.74, 6) is 0.695. The lowest BCUT2D eigenvalue weighted by Gasteiger charge is -2.07. The molecule has 2 N–H and O–H groups in total. The van der Waals surface area contributed by atoms with Gasteiger partial charge in [-0.25, -0.2) is 13.4 Å². The minimum Gasteiger partial charge on any atom is -0.397 e. The number of benzene rings is 1. The van der Waals surface area contributed by atoms with Crippen LogP contribution in [-0.2, 0) is 9.84 Å². The smallest absolute Gasteiger partial charge is 0.177 e. The average molecular weight is 301 g/mol. The molecule has 0 atom stereocenters. The van der Waals surface area contributed by atoms with Crippen LogP contribution in [0, 0.1) is 6.92 Å². The van der Waals surface area contributed by atoms with Crippen LogP contribution in [0.4, 0.5) is 5.69 Å². The zero-order chi connectivity index (χ0) is 13.3. The molecule has 8 heteroatoms. The summed E-state index contributed by atoms with van der Waals surface area (Å²) in [6, 6.07) is 4.94. The van der Waals surface area contributed by atoms with Crippen molar-refractivity contribution in [2.45, 2.75) is 21.1 Å². The highest BCUT2D eigenvalue weighted by molar-refractivity contribution is 8.01. The van der Waals surface area contributed by atoms with E-state index in [1.807, 2.05) is 0 Å². The van der Waals surface area contributed by atoms with Gasteiger partial charge in [0.1, 0.15) is 5.82 Å². The number of anilines is 1. The van der Waals surface area contributed by atoms with E-state index in [4.69, 9.17) is 5.73 Å². The van der Waals surface area contributed by atoms with Crippen LogP contribution in [0.1, 0.15) is 5.82 Å². The molecule has 1 heterocycles. The number of sulfone groups is 1. The van der Waals surface area contributed by atoms with Crippen LogP contribution >= 0.6 is 23.3 Å². The molecule has 1 aromatic carbocycles. The summed E-state index contributed by atoms with van der Waals surface area (Å²) in [4.78, 5) is 5.03. The number of para-hydroxylation sites is 1. The molecule has 0 spiro atoms. The summed E-state index contributed by atoms with van der Waals surface area (Å²) in [5.41, 5.74) is 6.14. The molecule has 18 heavy (non-hydrogen) atoms. The van der Waals surface area contributed by atoms with Crippen molar-refractivity contribution in [3.8, 4) is 0 Å². The first kappa shape index (κ1) is 13.3. The Hall–Kier alpha value is -1.12. The van der Waals surface area contributed by atoms with E-state index >= 15 is 0 Å². The van der Waals surface area contributed by atoms with E-state index in [0.29, 0.717) is 10.7 Å². The second kappa shape index (κ2) is 4.87. The van der Waals surface area contributed by atoms with E-state index in [1.165, 1.54) is 29.4 Å². The second-order valence-corrected chi connectivity index (χ2v) is 7.67. The van der Waals surface area contributed by atoms with Gasteiger partial charge in [0.15, 0.2) is 14.2 Å². The summed E-state index contributed by atoms with van der Waals surface area (Å²) in [5, 5.41) is 0. The molecule has 0 aliphatic rings. The van der Waals surface area contributed by atoms with E-state index in [0.717, 1.165) is 10.6 Å². The predicted molar refractivity (Wildman–Crippen MR) is 72.7 cm³/mol. The number of nitrogens with two attached hydrogens (primary N) is 1. The Morgan fingerprint density at radius 1 is 1.39 bits per heavy atom. The molecule has 1 aromatic heterocycles. The summed E-state index contributed by atoms with van der Waals surface area (Å²) >= 11 is 2.58. The third-order valence-electron chi connectivity index (χ3n) is 2.13. The van der Waals surface area contributed by atoms with Crippen LogP contribution < -0.4 is 5.73 Å². The van der Waals surface area contributed by atoms with Crippen LogP contribution in [0.15, 0.2) is 32.3 Å². The van der Waals surface area contributed by atoms with Crippen molar-refractivity contribution >= 4 is 38.8 Å². The highest BCUT2D eigenvalue weighted by Gasteiger charge is 2.15. The molecule has 0 saturated carbocycles. The molecular weight excluding hydrogens is 290 g/mol. The van der Waals surface area contributed by atoms with Gasteiger partial charge in [-0.15, -0.1) is 0 Å². The zero-order valence-corrected chi connectivity index (χ0v) is 12.2. The number of hydrogen-bond acceptors (Lipinski definition) is 7. The molecule has 0 fully saturated rings. The maximum absolute atomic E-state index is 11.5. The highest BCUT2D eigenvalue weighted by atomic mass is 32.2. The Morgan fingerprint density at radius 3 is 2.67 bits per heavy atom. The Balaban J connectivity index is 2.41. The van der Waals surface area contributed by atoms with Gasteiger partial charge in [-0.1, -0.05) is 17.8 Å². The van der Waals surface area contributed by atoms with Crippen molar-refractivity contribution < 1.29 is 8.42 Å². The van der Waals surface area contributed by atoms with Gasteiger partial charge in [0, 0.05) is 11.2 Å². The van der Waals surface area contributed by atoms with Gasteiger partial charge in [0.25, 0.3) is 0 Å². The van der Waals surface area contributed by atoms with Crippen molar-refractivity contribution in [1.29, 1.82) is 0 Å². The number of aryl methyl sites for hydroxylation is 1. The number of aromatic nitrogens is 2. The van der Waals surface area contributed by atoms with E-state index in [2.05, 4.69) is 9.36 Å². The number of rotatable bonds is 3. The lowest BCUT2D eigenvalue weighted by Crippen LogP contribution is -2.03. The molecule has 0 aliphatic heterocycles. The lowest BCUT2D eigenvalue weighted by atomic mass is 10.3. The molecular formula is C10H11N3O2S3. The molecule has 2 rings (SSSR count). The van der Waals surface area contributed by atoms with Crippen LogP contribution in [-0.4, -0.2) is 24.0 Å². The highest BCUT2D eigenvalue weighted by Crippen LogP contribution is 2.35. The predicted octanol–water partition coefficient (Wildman–Crippen LogP) is 1.98. The van der Waals surface area contributed by atoms with E-state index < -0.39 is 9.84 Å². The number of hydrogen-bond donors (Lipinski definition) is 1. The summed E-state index contributed by atoms with van der Waals surface area (Å²) < 4.78 is 27.9. The van der Waals surface area contributed by atoms with Crippen molar-refractivity contribution in [1.82, 2.24) is 9.36 Å². The topological polar surface area (TPSA) is 85.9 Å². The summed E-state index contributed by atoms with van der Waals surface area (Å²) in [7, 11) is -3.31. The fraction of sp³-hybridized carbons (Fsp3) is 0.200. The molecule has 0 amide bonds. The normalized spacial score (nSPS) is 11.7. The first-order chi connectivity index (χ1) is 8.38. The molecule has 0 bridgehead atoms. The maximum Gasteiger partial charge on any atom is 0.177 e. The molecule has 0 radical (unpaired) electrons. The van der Waals surface area contributed by atoms with Crippen LogP contribution in [0.5, 0.6) is 0 Å². The largest absolute Gasteiger partial charge is 0.397 e. The Morgan fingerprint density at radius 2 is 2.11 bits per heavy atom. The number of nitrogens with zero attached hydrogens (tertiary/aromatic N) is 2. The van der Waals surface area contributed by atoms with E-state index in [1.54, 1.807) is 19.1 Å². The Labute approximate surface area is 114 Å². The van der Waals surface area contributed by atoms with E-state index in [9.17, 15) is 8.42 Å². The van der Waals surface area contributed by atoms with Gasteiger partial charge in [-0.3, -0.25) is 0 Å². The van der Waals surface area contributed by atoms with Gasteiger partial charge in [-0.05, 0) is 30.6 Å². The fourth-order valence-corrected chi connectivity index (χ4v) is 3.94. The monoisotopic (exact) mass is 301 g/mol. The standard InChI is InChI=1S/C10H11N3O2S3/c1-6-12-10(17-13-6)16-7-4-3-5-8(9(7)11)18(2,14)15/h3-5H,11H2,1-2H3. The van der Waals surface area contributed by atoms with Crippen LogP contribution in [0.3, 0.4) is 0 Å². The summed E-state index contributed by atoms with van der Waals surface area (Å²) in [6.07, 6.45) is 1.14. The fourth-order valence-electron chi connectivity index (χ4n) is 1.35. The third kappa shape index (κ3) is 2.82. The minimum absolute atomic E-state index is 0.147. The first-order valence-electron chi connectivity index (χ1n) is 4.94. The van der Waals surface area contributed by atoms with Gasteiger partial charge in [-0.2, -0.15) is 4.37 Å².